The Morgan fingerprint density at radius 3 is 2.72 bits per heavy atom. The standard InChI is InChI=1S/C16H26N2/c1-4-16(3)10-12(2)9-13(11-16)18-15-8-6-5-7-14(15)17/h5-8,12-13,18H,4,9-11,17H2,1-3H3. The van der Waals surface area contributed by atoms with Crippen molar-refractivity contribution in [3.63, 3.8) is 0 Å². The third-order valence-electron chi connectivity index (χ3n) is 4.44. The zero-order chi connectivity index (χ0) is 13.2. The summed E-state index contributed by atoms with van der Waals surface area (Å²) in [4.78, 5) is 0. The molecule has 0 aromatic heterocycles. The van der Waals surface area contributed by atoms with Crippen molar-refractivity contribution >= 4 is 11.4 Å². The monoisotopic (exact) mass is 246 g/mol. The Labute approximate surface area is 111 Å². The molecule has 1 fully saturated rings. The van der Waals surface area contributed by atoms with Crippen LogP contribution in [0.3, 0.4) is 0 Å². The van der Waals surface area contributed by atoms with Gasteiger partial charge in [-0.3, -0.25) is 0 Å². The van der Waals surface area contributed by atoms with Gasteiger partial charge in [0.2, 0.25) is 0 Å². The summed E-state index contributed by atoms with van der Waals surface area (Å²) >= 11 is 0. The van der Waals surface area contributed by atoms with E-state index < -0.39 is 0 Å². The van der Waals surface area contributed by atoms with Gasteiger partial charge in [0, 0.05) is 6.04 Å². The number of nitrogens with one attached hydrogen (secondary N) is 1. The summed E-state index contributed by atoms with van der Waals surface area (Å²) in [5.74, 6) is 0.797. The van der Waals surface area contributed by atoms with E-state index in [0.717, 1.165) is 17.3 Å². The van der Waals surface area contributed by atoms with Crippen molar-refractivity contribution in [2.45, 2.75) is 52.5 Å². The minimum atomic E-state index is 0.485. The Morgan fingerprint density at radius 2 is 2.06 bits per heavy atom. The fraction of sp³-hybridized carbons (Fsp3) is 0.625. The second kappa shape index (κ2) is 5.21. The molecule has 2 heteroatoms. The molecule has 2 nitrogen and oxygen atoms in total. The quantitative estimate of drug-likeness (QED) is 0.781. The van der Waals surface area contributed by atoms with Crippen molar-refractivity contribution < 1.29 is 0 Å². The van der Waals surface area contributed by atoms with Gasteiger partial charge >= 0.3 is 0 Å². The molecule has 3 N–H and O–H groups in total. The van der Waals surface area contributed by atoms with Gasteiger partial charge in [-0.15, -0.1) is 0 Å². The second-order valence-electron chi connectivity index (χ2n) is 6.34. The summed E-state index contributed by atoms with van der Waals surface area (Å²) in [5.41, 5.74) is 8.44. The number of hydrogen-bond acceptors (Lipinski definition) is 2. The Hall–Kier alpha value is -1.18. The van der Waals surface area contributed by atoms with Gasteiger partial charge in [-0.2, -0.15) is 0 Å². The Balaban J connectivity index is 2.07. The van der Waals surface area contributed by atoms with Crippen molar-refractivity contribution in [1.82, 2.24) is 0 Å². The van der Waals surface area contributed by atoms with Crippen LogP contribution in [0.4, 0.5) is 11.4 Å². The molecule has 0 amide bonds. The zero-order valence-electron chi connectivity index (χ0n) is 11.9. The van der Waals surface area contributed by atoms with Crippen LogP contribution >= 0.6 is 0 Å². The lowest BCUT2D eigenvalue weighted by Gasteiger charge is -2.41. The molecule has 1 aliphatic rings. The van der Waals surface area contributed by atoms with Crippen LogP contribution in [0, 0.1) is 11.3 Å². The molecule has 1 aromatic carbocycles. The maximum atomic E-state index is 6.01. The van der Waals surface area contributed by atoms with E-state index in [9.17, 15) is 0 Å². The average molecular weight is 246 g/mol. The summed E-state index contributed by atoms with van der Waals surface area (Å²) in [5, 5.41) is 3.64. The van der Waals surface area contributed by atoms with E-state index in [1.54, 1.807) is 0 Å². The largest absolute Gasteiger partial charge is 0.397 e. The van der Waals surface area contributed by atoms with Gasteiger partial charge in [0.15, 0.2) is 0 Å². The minimum absolute atomic E-state index is 0.485. The molecular formula is C16H26N2. The van der Waals surface area contributed by atoms with E-state index in [1.807, 2.05) is 18.2 Å². The molecule has 0 heterocycles. The molecule has 2 rings (SSSR count). The normalized spacial score (nSPS) is 32.2. The fourth-order valence-corrected chi connectivity index (χ4v) is 3.42. The highest BCUT2D eigenvalue weighted by molar-refractivity contribution is 5.66. The third-order valence-corrected chi connectivity index (χ3v) is 4.44. The molecular weight excluding hydrogens is 220 g/mol. The van der Waals surface area contributed by atoms with E-state index in [2.05, 4.69) is 32.2 Å². The number of rotatable bonds is 3. The number of para-hydroxylation sites is 2. The highest BCUT2D eigenvalue weighted by Crippen LogP contribution is 2.42. The second-order valence-corrected chi connectivity index (χ2v) is 6.34. The number of nitrogens with two attached hydrogens (primary N) is 1. The van der Waals surface area contributed by atoms with Crippen molar-refractivity contribution in [2.24, 2.45) is 11.3 Å². The fourth-order valence-electron chi connectivity index (χ4n) is 3.42. The van der Waals surface area contributed by atoms with Gasteiger partial charge in [-0.05, 0) is 42.7 Å². The number of hydrogen-bond donors (Lipinski definition) is 2. The first-order chi connectivity index (χ1) is 8.52. The molecule has 100 valence electrons. The molecule has 0 radical (unpaired) electrons. The predicted octanol–water partition coefficient (Wildman–Crippen LogP) is 4.29. The van der Waals surface area contributed by atoms with Crippen LogP contribution in [-0.2, 0) is 0 Å². The van der Waals surface area contributed by atoms with E-state index in [0.29, 0.717) is 11.5 Å². The van der Waals surface area contributed by atoms with Gasteiger partial charge in [0.1, 0.15) is 0 Å². The van der Waals surface area contributed by atoms with Gasteiger partial charge in [-0.1, -0.05) is 39.3 Å². The first-order valence-corrected chi connectivity index (χ1v) is 7.13. The van der Waals surface area contributed by atoms with E-state index >= 15 is 0 Å². The zero-order valence-corrected chi connectivity index (χ0v) is 11.9. The van der Waals surface area contributed by atoms with Crippen LogP contribution in [-0.4, -0.2) is 6.04 Å². The Morgan fingerprint density at radius 1 is 1.33 bits per heavy atom. The average Bonchev–Trinajstić information content (AvgIpc) is 2.31. The van der Waals surface area contributed by atoms with Crippen molar-refractivity contribution in [3.05, 3.63) is 24.3 Å². The van der Waals surface area contributed by atoms with Crippen molar-refractivity contribution in [1.29, 1.82) is 0 Å². The minimum Gasteiger partial charge on any atom is -0.397 e. The van der Waals surface area contributed by atoms with Gasteiger partial charge in [-0.25, -0.2) is 0 Å². The summed E-state index contributed by atoms with van der Waals surface area (Å²) in [6.07, 6.45) is 5.12. The molecule has 18 heavy (non-hydrogen) atoms. The molecule has 3 unspecified atom stereocenters. The first-order valence-electron chi connectivity index (χ1n) is 7.13. The van der Waals surface area contributed by atoms with Crippen molar-refractivity contribution in [2.75, 3.05) is 11.1 Å². The van der Waals surface area contributed by atoms with E-state index in [1.165, 1.54) is 25.7 Å². The molecule has 0 spiro atoms. The maximum Gasteiger partial charge on any atom is 0.0576 e. The van der Waals surface area contributed by atoms with Crippen LogP contribution in [0.25, 0.3) is 0 Å². The van der Waals surface area contributed by atoms with Gasteiger partial charge in [0.25, 0.3) is 0 Å². The molecule has 1 aliphatic carbocycles. The Kier molecular flexibility index (Phi) is 3.84. The van der Waals surface area contributed by atoms with Crippen LogP contribution < -0.4 is 11.1 Å². The number of anilines is 2. The topological polar surface area (TPSA) is 38.0 Å². The van der Waals surface area contributed by atoms with Gasteiger partial charge < -0.3 is 11.1 Å². The van der Waals surface area contributed by atoms with Crippen LogP contribution in [0.1, 0.15) is 46.5 Å². The van der Waals surface area contributed by atoms with E-state index in [-0.39, 0.29) is 0 Å². The maximum absolute atomic E-state index is 6.01. The summed E-state index contributed by atoms with van der Waals surface area (Å²) < 4.78 is 0. The molecule has 0 bridgehead atoms. The predicted molar refractivity (Wildman–Crippen MR) is 79.7 cm³/mol. The highest BCUT2D eigenvalue weighted by Gasteiger charge is 2.34. The van der Waals surface area contributed by atoms with Crippen molar-refractivity contribution in [3.8, 4) is 0 Å². The molecule has 1 saturated carbocycles. The summed E-state index contributed by atoms with van der Waals surface area (Å²) in [6, 6.07) is 8.64. The summed E-state index contributed by atoms with van der Waals surface area (Å²) in [6.45, 7) is 7.10. The van der Waals surface area contributed by atoms with Gasteiger partial charge in [0.05, 0.1) is 11.4 Å². The van der Waals surface area contributed by atoms with Crippen LogP contribution in [0.5, 0.6) is 0 Å². The SMILES string of the molecule is CCC1(C)CC(C)CC(Nc2ccccc2N)C1. The molecule has 0 aliphatic heterocycles. The lowest BCUT2D eigenvalue weighted by Crippen LogP contribution is -2.37. The third kappa shape index (κ3) is 2.98. The number of benzene rings is 1. The van der Waals surface area contributed by atoms with E-state index in [4.69, 9.17) is 5.73 Å². The van der Waals surface area contributed by atoms with Crippen LogP contribution in [0.15, 0.2) is 24.3 Å². The number of nitrogen functional groups attached to an aromatic ring is 1. The summed E-state index contributed by atoms with van der Waals surface area (Å²) in [7, 11) is 0. The highest BCUT2D eigenvalue weighted by atomic mass is 14.9. The smallest absolute Gasteiger partial charge is 0.0576 e. The van der Waals surface area contributed by atoms with Crippen LogP contribution in [0.2, 0.25) is 0 Å². The molecule has 3 atom stereocenters. The lowest BCUT2D eigenvalue weighted by molar-refractivity contribution is 0.150. The first kappa shape index (κ1) is 13.3. The Bertz CT molecular complexity index is 402. The molecule has 0 saturated heterocycles. The lowest BCUT2D eigenvalue weighted by atomic mass is 9.68. The molecule has 1 aromatic rings.